The maximum Gasteiger partial charge on any atom is 0.251 e. The van der Waals surface area contributed by atoms with E-state index in [2.05, 4.69) is 15.6 Å². The molecule has 2 N–H and O–H groups in total. The van der Waals surface area contributed by atoms with Crippen LogP contribution in [-0.2, 0) is 4.79 Å². The summed E-state index contributed by atoms with van der Waals surface area (Å²) in [5.74, 6) is 0.668. The molecule has 1 heterocycles. The monoisotopic (exact) mass is 329 g/mol. The van der Waals surface area contributed by atoms with E-state index in [4.69, 9.17) is 9.47 Å². The number of pyridine rings is 1. The Balaban J connectivity index is 1.94. The van der Waals surface area contributed by atoms with Gasteiger partial charge in [0.25, 0.3) is 5.91 Å². The zero-order chi connectivity index (χ0) is 17.5. The van der Waals surface area contributed by atoms with E-state index in [0.29, 0.717) is 22.9 Å². The first-order chi connectivity index (χ1) is 11.5. The molecule has 2 amide bonds. The van der Waals surface area contributed by atoms with Crippen molar-refractivity contribution in [2.75, 3.05) is 26.1 Å². The van der Waals surface area contributed by atoms with Crippen LogP contribution in [0.25, 0.3) is 0 Å². The normalized spacial score (nSPS) is 9.96. The van der Waals surface area contributed by atoms with Crippen LogP contribution in [0.4, 0.5) is 5.82 Å². The predicted octanol–water partition coefficient (Wildman–Crippen LogP) is 1.78. The summed E-state index contributed by atoms with van der Waals surface area (Å²) in [5.41, 5.74) is 1.35. The van der Waals surface area contributed by atoms with Gasteiger partial charge in [0.1, 0.15) is 5.82 Å². The van der Waals surface area contributed by atoms with Crippen molar-refractivity contribution in [3.8, 4) is 11.5 Å². The lowest BCUT2D eigenvalue weighted by molar-refractivity contribution is -0.115. The van der Waals surface area contributed by atoms with E-state index in [1.807, 2.05) is 13.0 Å². The van der Waals surface area contributed by atoms with E-state index in [0.717, 1.165) is 5.56 Å². The lowest BCUT2D eigenvalue weighted by Crippen LogP contribution is -2.33. The van der Waals surface area contributed by atoms with Crippen LogP contribution >= 0.6 is 0 Å². The highest BCUT2D eigenvalue weighted by atomic mass is 16.5. The van der Waals surface area contributed by atoms with E-state index in [9.17, 15) is 9.59 Å². The van der Waals surface area contributed by atoms with Gasteiger partial charge in [-0.15, -0.1) is 0 Å². The Bertz CT molecular complexity index is 746. The highest BCUT2D eigenvalue weighted by molar-refractivity contribution is 5.99. The van der Waals surface area contributed by atoms with Crippen LogP contribution in [0.5, 0.6) is 11.5 Å². The minimum Gasteiger partial charge on any atom is -0.493 e. The number of hydrogen-bond donors (Lipinski definition) is 2. The number of aromatic nitrogens is 1. The second-order valence-corrected chi connectivity index (χ2v) is 5.02. The molecule has 7 heteroatoms. The molecule has 24 heavy (non-hydrogen) atoms. The highest BCUT2D eigenvalue weighted by Gasteiger charge is 2.12. The molecule has 0 fully saturated rings. The van der Waals surface area contributed by atoms with Crippen molar-refractivity contribution in [1.29, 1.82) is 0 Å². The second-order valence-electron chi connectivity index (χ2n) is 5.02. The fraction of sp³-hybridized carbons (Fsp3) is 0.235. The van der Waals surface area contributed by atoms with E-state index < -0.39 is 0 Å². The number of nitrogens with one attached hydrogen (secondary N) is 2. The summed E-state index contributed by atoms with van der Waals surface area (Å²) in [6.45, 7) is 1.74. The van der Waals surface area contributed by atoms with Gasteiger partial charge < -0.3 is 20.1 Å². The van der Waals surface area contributed by atoms with Crippen LogP contribution in [0.2, 0.25) is 0 Å². The zero-order valence-electron chi connectivity index (χ0n) is 13.8. The Hall–Kier alpha value is -3.09. The minimum atomic E-state index is -0.386. The average Bonchev–Trinajstić information content (AvgIpc) is 2.59. The van der Waals surface area contributed by atoms with Crippen molar-refractivity contribution in [1.82, 2.24) is 10.3 Å². The molecule has 0 aliphatic rings. The van der Waals surface area contributed by atoms with Crippen LogP contribution in [0, 0.1) is 6.92 Å². The van der Waals surface area contributed by atoms with Crippen molar-refractivity contribution in [3.63, 3.8) is 0 Å². The summed E-state index contributed by atoms with van der Waals surface area (Å²) < 4.78 is 10.3. The van der Waals surface area contributed by atoms with Crippen LogP contribution in [0.3, 0.4) is 0 Å². The molecule has 0 unspecified atom stereocenters. The Kier molecular flexibility index (Phi) is 5.73. The number of aryl methyl sites for hydroxylation is 1. The lowest BCUT2D eigenvalue weighted by atomic mass is 10.2. The molecule has 0 aliphatic carbocycles. The predicted molar refractivity (Wildman–Crippen MR) is 89.5 cm³/mol. The molecule has 126 valence electrons. The molecular formula is C17H19N3O4. The van der Waals surface area contributed by atoms with Crippen LogP contribution in [0.1, 0.15) is 15.9 Å². The van der Waals surface area contributed by atoms with E-state index in [1.165, 1.54) is 14.2 Å². The van der Waals surface area contributed by atoms with Gasteiger partial charge in [0.05, 0.1) is 20.8 Å². The fourth-order valence-electron chi connectivity index (χ4n) is 2.03. The first kappa shape index (κ1) is 17.3. The van der Waals surface area contributed by atoms with E-state index in [1.54, 1.807) is 30.5 Å². The topological polar surface area (TPSA) is 89.5 Å². The first-order valence-electron chi connectivity index (χ1n) is 7.26. The molecule has 1 aromatic heterocycles. The number of carbonyl (C=O) groups excluding carboxylic acids is 2. The van der Waals surface area contributed by atoms with Crippen LogP contribution < -0.4 is 20.1 Å². The number of hydrogen-bond acceptors (Lipinski definition) is 5. The summed E-state index contributed by atoms with van der Waals surface area (Å²) in [5, 5.41) is 5.17. The number of methoxy groups -OCH3 is 2. The third-order valence-electron chi connectivity index (χ3n) is 3.24. The number of ether oxygens (including phenoxy) is 2. The molecule has 0 aliphatic heterocycles. The number of benzene rings is 1. The number of amides is 2. The number of carbonyl (C=O) groups is 2. The van der Waals surface area contributed by atoms with Gasteiger partial charge in [-0.2, -0.15) is 0 Å². The highest BCUT2D eigenvalue weighted by Crippen LogP contribution is 2.27. The van der Waals surface area contributed by atoms with Gasteiger partial charge in [0.15, 0.2) is 11.5 Å². The first-order valence-corrected chi connectivity index (χ1v) is 7.26. The summed E-state index contributed by atoms with van der Waals surface area (Å²) in [6.07, 6.45) is 1.60. The molecule has 0 bridgehead atoms. The summed E-state index contributed by atoms with van der Waals surface area (Å²) >= 11 is 0. The van der Waals surface area contributed by atoms with Crippen molar-refractivity contribution >= 4 is 17.6 Å². The third-order valence-corrected chi connectivity index (χ3v) is 3.24. The molecule has 7 nitrogen and oxygen atoms in total. The van der Waals surface area contributed by atoms with Crippen LogP contribution in [-0.4, -0.2) is 37.6 Å². The molecule has 1 aromatic carbocycles. The molecule has 0 saturated heterocycles. The maximum absolute atomic E-state index is 12.1. The van der Waals surface area contributed by atoms with Crippen molar-refractivity contribution < 1.29 is 19.1 Å². The zero-order valence-corrected chi connectivity index (χ0v) is 13.8. The molecular weight excluding hydrogens is 310 g/mol. The minimum absolute atomic E-state index is 0.164. The largest absolute Gasteiger partial charge is 0.493 e. The molecule has 2 rings (SSSR count). The second kappa shape index (κ2) is 7.96. The van der Waals surface area contributed by atoms with Crippen LogP contribution in [0.15, 0.2) is 36.5 Å². The van der Waals surface area contributed by atoms with Gasteiger partial charge in [0.2, 0.25) is 5.91 Å². The summed E-state index contributed by atoms with van der Waals surface area (Å²) in [4.78, 5) is 28.0. The Labute approximate surface area is 140 Å². The quantitative estimate of drug-likeness (QED) is 0.843. The van der Waals surface area contributed by atoms with Crippen molar-refractivity contribution in [2.24, 2.45) is 0 Å². The molecule has 0 radical (unpaired) electrons. The Morgan fingerprint density at radius 1 is 1.08 bits per heavy atom. The third kappa shape index (κ3) is 4.45. The van der Waals surface area contributed by atoms with Gasteiger partial charge in [-0.3, -0.25) is 9.59 Å². The Morgan fingerprint density at radius 2 is 1.83 bits per heavy atom. The number of anilines is 1. The number of nitrogens with zero attached hydrogens (tertiary/aromatic N) is 1. The molecule has 0 spiro atoms. The summed E-state index contributed by atoms with van der Waals surface area (Å²) in [7, 11) is 3.00. The standard InChI is InChI=1S/C17H19N3O4/c1-11-6-7-18-15(8-11)20-16(21)10-19-17(22)12-4-5-13(23-2)14(9-12)24-3/h4-9H,10H2,1-3H3,(H,19,22)(H,18,20,21). The molecule has 2 aromatic rings. The fourth-order valence-corrected chi connectivity index (χ4v) is 2.03. The smallest absolute Gasteiger partial charge is 0.251 e. The molecule has 0 atom stereocenters. The van der Waals surface area contributed by atoms with Crippen molar-refractivity contribution in [2.45, 2.75) is 6.92 Å². The van der Waals surface area contributed by atoms with E-state index >= 15 is 0 Å². The Morgan fingerprint density at radius 3 is 2.50 bits per heavy atom. The van der Waals surface area contributed by atoms with Gasteiger partial charge >= 0.3 is 0 Å². The van der Waals surface area contributed by atoms with Crippen molar-refractivity contribution in [3.05, 3.63) is 47.7 Å². The number of rotatable bonds is 6. The SMILES string of the molecule is COc1ccc(C(=O)NCC(=O)Nc2cc(C)ccn2)cc1OC. The van der Waals surface area contributed by atoms with Gasteiger partial charge in [-0.1, -0.05) is 0 Å². The van der Waals surface area contributed by atoms with Gasteiger partial charge in [0, 0.05) is 11.8 Å². The van der Waals surface area contributed by atoms with E-state index in [-0.39, 0.29) is 18.4 Å². The lowest BCUT2D eigenvalue weighted by Gasteiger charge is -2.10. The maximum atomic E-state index is 12.1. The average molecular weight is 329 g/mol. The summed E-state index contributed by atoms with van der Waals surface area (Å²) in [6, 6.07) is 8.35. The van der Waals surface area contributed by atoms with Gasteiger partial charge in [-0.25, -0.2) is 4.98 Å². The van der Waals surface area contributed by atoms with Gasteiger partial charge in [-0.05, 0) is 42.8 Å². The molecule has 0 saturated carbocycles.